The summed E-state index contributed by atoms with van der Waals surface area (Å²) in [5, 5.41) is 7.17. The van der Waals surface area contributed by atoms with Crippen LogP contribution in [-0.2, 0) is 17.9 Å². The van der Waals surface area contributed by atoms with Gasteiger partial charge in [-0.2, -0.15) is 5.10 Å². The van der Waals surface area contributed by atoms with Crippen LogP contribution < -0.4 is 15.8 Å². The lowest BCUT2D eigenvalue weighted by atomic mass is 9.96. The molecular weight excluding hydrogens is 395 g/mol. The second kappa shape index (κ2) is 9.55. The van der Waals surface area contributed by atoms with Gasteiger partial charge in [-0.05, 0) is 24.5 Å². The average molecular weight is 420 g/mol. The van der Waals surface area contributed by atoms with Gasteiger partial charge in [0.25, 0.3) is 5.56 Å². The largest absolute Gasteiger partial charge is 0.369 e. The summed E-state index contributed by atoms with van der Waals surface area (Å²) in [6.07, 6.45) is 3.28. The van der Waals surface area contributed by atoms with Crippen LogP contribution in [0.1, 0.15) is 24.0 Å². The Hall–Kier alpha value is -3.48. The number of anilines is 1. The van der Waals surface area contributed by atoms with E-state index in [1.165, 1.54) is 10.7 Å². The van der Waals surface area contributed by atoms with Crippen molar-refractivity contribution in [1.82, 2.24) is 15.1 Å². The highest BCUT2D eigenvalue weighted by atomic mass is 19.1. The first-order valence-corrected chi connectivity index (χ1v) is 10.5. The Morgan fingerprint density at radius 3 is 2.68 bits per heavy atom. The van der Waals surface area contributed by atoms with E-state index in [-0.39, 0.29) is 29.7 Å². The molecule has 160 valence electrons. The molecule has 1 N–H and O–H groups in total. The van der Waals surface area contributed by atoms with Crippen molar-refractivity contribution in [2.75, 3.05) is 18.0 Å². The first-order chi connectivity index (χ1) is 15.1. The molecule has 6 nitrogen and oxygen atoms in total. The van der Waals surface area contributed by atoms with Crippen LogP contribution in [0.4, 0.5) is 10.1 Å². The van der Waals surface area contributed by atoms with Gasteiger partial charge in [-0.25, -0.2) is 9.07 Å². The maximum absolute atomic E-state index is 13.8. The van der Waals surface area contributed by atoms with E-state index in [1.54, 1.807) is 30.5 Å². The van der Waals surface area contributed by atoms with E-state index in [2.05, 4.69) is 10.4 Å². The second-order valence-corrected chi connectivity index (χ2v) is 7.79. The lowest BCUT2D eigenvalue weighted by molar-refractivity contribution is -0.125. The molecule has 1 aromatic heterocycles. The quantitative estimate of drug-likeness (QED) is 0.666. The molecule has 0 saturated carbocycles. The number of nitrogens with one attached hydrogen (secondary N) is 1. The molecule has 0 radical (unpaired) electrons. The van der Waals surface area contributed by atoms with Crippen molar-refractivity contribution in [3.05, 3.63) is 94.2 Å². The number of nitrogens with zero attached hydrogens (tertiary/aromatic N) is 3. The van der Waals surface area contributed by atoms with Crippen molar-refractivity contribution in [2.24, 2.45) is 5.92 Å². The van der Waals surface area contributed by atoms with Crippen molar-refractivity contribution in [1.29, 1.82) is 0 Å². The van der Waals surface area contributed by atoms with Crippen molar-refractivity contribution < 1.29 is 9.18 Å². The summed E-state index contributed by atoms with van der Waals surface area (Å²) in [5.74, 6) is -0.638. The molecule has 3 aromatic rings. The first kappa shape index (κ1) is 20.8. The van der Waals surface area contributed by atoms with Crippen molar-refractivity contribution in [3.63, 3.8) is 0 Å². The van der Waals surface area contributed by atoms with Crippen LogP contribution in [-0.4, -0.2) is 28.8 Å². The molecule has 1 unspecified atom stereocenters. The lowest BCUT2D eigenvalue weighted by Crippen LogP contribution is -2.43. The molecule has 0 spiro atoms. The highest BCUT2D eigenvalue weighted by Crippen LogP contribution is 2.22. The molecule has 0 aliphatic carbocycles. The van der Waals surface area contributed by atoms with Gasteiger partial charge in [0.1, 0.15) is 5.82 Å². The Labute approximate surface area is 180 Å². The number of hydrogen-bond acceptors (Lipinski definition) is 4. The summed E-state index contributed by atoms with van der Waals surface area (Å²) in [4.78, 5) is 27.2. The van der Waals surface area contributed by atoms with Crippen LogP contribution in [0.25, 0.3) is 0 Å². The fourth-order valence-corrected chi connectivity index (χ4v) is 3.87. The Morgan fingerprint density at radius 1 is 1.13 bits per heavy atom. The summed E-state index contributed by atoms with van der Waals surface area (Å²) in [6, 6.07) is 17.7. The van der Waals surface area contributed by atoms with Gasteiger partial charge in [-0.1, -0.05) is 48.5 Å². The number of aromatic nitrogens is 2. The van der Waals surface area contributed by atoms with Gasteiger partial charge in [0.05, 0.1) is 24.3 Å². The Bertz CT molecular complexity index is 1100. The van der Waals surface area contributed by atoms with E-state index >= 15 is 0 Å². The number of carbonyl (C=O) groups is 1. The molecule has 1 fully saturated rings. The number of carbonyl (C=O) groups excluding carboxylic acids is 1. The smallest absolute Gasteiger partial charge is 0.269 e. The van der Waals surface area contributed by atoms with Gasteiger partial charge < -0.3 is 10.2 Å². The minimum atomic E-state index is -0.324. The van der Waals surface area contributed by atoms with E-state index in [4.69, 9.17) is 0 Å². The number of piperidine rings is 1. The van der Waals surface area contributed by atoms with Gasteiger partial charge >= 0.3 is 0 Å². The number of hydrogen-bond donors (Lipinski definition) is 1. The van der Waals surface area contributed by atoms with Gasteiger partial charge in [-0.15, -0.1) is 0 Å². The van der Waals surface area contributed by atoms with Crippen LogP contribution in [0.2, 0.25) is 0 Å². The molecule has 4 rings (SSSR count). The monoisotopic (exact) mass is 420 g/mol. The Balaban J connectivity index is 1.39. The average Bonchev–Trinajstić information content (AvgIpc) is 2.80. The zero-order valence-corrected chi connectivity index (χ0v) is 17.2. The zero-order valence-electron chi connectivity index (χ0n) is 17.2. The van der Waals surface area contributed by atoms with Gasteiger partial charge in [0.2, 0.25) is 5.91 Å². The molecular formula is C24H25FN4O2. The molecule has 1 saturated heterocycles. The van der Waals surface area contributed by atoms with Gasteiger partial charge in [0.15, 0.2) is 0 Å². The van der Waals surface area contributed by atoms with E-state index in [0.717, 1.165) is 30.6 Å². The van der Waals surface area contributed by atoms with Crippen molar-refractivity contribution >= 4 is 11.6 Å². The van der Waals surface area contributed by atoms with E-state index < -0.39 is 0 Å². The topological polar surface area (TPSA) is 67.2 Å². The number of amides is 1. The fourth-order valence-electron chi connectivity index (χ4n) is 3.87. The summed E-state index contributed by atoms with van der Waals surface area (Å²) in [6.45, 7) is 1.86. The van der Waals surface area contributed by atoms with Crippen LogP contribution in [0.5, 0.6) is 0 Å². The van der Waals surface area contributed by atoms with E-state index in [1.807, 2.05) is 35.2 Å². The van der Waals surface area contributed by atoms with Crippen LogP contribution in [0, 0.1) is 11.7 Å². The number of rotatable bonds is 6. The third kappa shape index (κ3) is 5.17. The normalized spacial score (nSPS) is 16.2. The minimum absolute atomic E-state index is 0.0988. The molecule has 31 heavy (non-hydrogen) atoms. The zero-order chi connectivity index (χ0) is 21.6. The molecule has 1 aliphatic rings. The SMILES string of the molecule is O=C(NCc1ccccc1F)C1CCCN(c2cnn(Cc3ccccc3)c(=O)c2)C1. The fraction of sp³-hybridized carbons (Fsp3) is 0.292. The van der Waals surface area contributed by atoms with Gasteiger partial charge in [0, 0.05) is 31.3 Å². The summed E-state index contributed by atoms with van der Waals surface area (Å²) in [5.41, 5.74) is 2.03. The third-order valence-corrected chi connectivity index (χ3v) is 5.60. The molecule has 1 aliphatic heterocycles. The van der Waals surface area contributed by atoms with Crippen LogP contribution >= 0.6 is 0 Å². The molecule has 1 amide bonds. The highest BCUT2D eigenvalue weighted by Gasteiger charge is 2.26. The van der Waals surface area contributed by atoms with E-state index in [0.29, 0.717) is 18.7 Å². The van der Waals surface area contributed by atoms with Crippen LogP contribution in [0.3, 0.4) is 0 Å². The van der Waals surface area contributed by atoms with Gasteiger partial charge in [-0.3, -0.25) is 9.59 Å². The van der Waals surface area contributed by atoms with Crippen molar-refractivity contribution in [2.45, 2.75) is 25.9 Å². The standard InChI is InChI=1S/C24H25FN4O2/c25-22-11-5-4-9-19(22)14-26-24(31)20-10-6-12-28(17-20)21-13-23(30)29(27-15-21)16-18-7-2-1-3-8-18/h1-5,7-9,11,13,15,20H,6,10,12,14,16-17H2,(H,26,31). The Morgan fingerprint density at radius 2 is 1.90 bits per heavy atom. The number of benzene rings is 2. The maximum atomic E-state index is 13.8. The summed E-state index contributed by atoms with van der Waals surface area (Å²) < 4.78 is 15.2. The predicted molar refractivity (Wildman–Crippen MR) is 117 cm³/mol. The highest BCUT2D eigenvalue weighted by molar-refractivity contribution is 5.79. The second-order valence-electron chi connectivity index (χ2n) is 7.79. The molecule has 2 aromatic carbocycles. The van der Waals surface area contributed by atoms with E-state index in [9.17, 15) is 14.0 Å². The molecule has 0 bridgehead atoms. The molecule has 2 heterocycles. The van der Waals surface area contributed by atoms with Crippen molar-refractivity contribution in [3.8, 4) is 0 Å². The van der Waals surface area contributed by atoms with Crippen LogP contribution in [0.15, 0.2) is 71.7 Å². The minimum Gasteiger partial charge on any atom is -0.369 e. The maximum Gasteiger partial charge on any atom is 0.269 e. The predicted octanol–water partition coefficient (Wildman–Crippen LogP) is 2.96. The lowest BCUT2D eigenvalue weighted by Gasteiger charge is -2.33. The third-order valence-electron chi connectivity index (χ3n) is 5.60. The molecule has 1 atom stereocenters. The summed E-state index contributed by atoms with van der Waals surface area (Å²) in [7, 11) is 0. The number of halogens is 1. The first-order valence-electron chi connectivity index (χ1n) is 10.5. The molecule has 7 heteroatoms. The Kier molecular flexibility index (Phi) is 6.40. The summed E-state index contributed by atoms with van der Waals surface area (Å²) >= 11 is 0.